The van der Waals surface area contributed by atoms with Crippen LogP contribution in [0.5, 0.6) is 0 Å². The summed E-state index contributed by atoms with van der Waals surface area (Å²) in [5.41, 5.74) is 0. The average molecular weight is 869 g/mol. The van der Waals surface area contributed by atoms with Crippen LogP contribution in [0.1, 0.15) is 188 Å². The summed E-state index contributed by atoms with van der Waals surface area (Å²) < 4.78 is 16.6. The van der Waals surface area contributed by atoms with E-state index in [0.29, 0.717) is 19.3 Å². The molecule has 0 spiro atoms. The van der Waals surface area contributed by atoms with Crippen LogP contribution in [-0.4, -0.2) is 37.2 Å². The summed E-state index contributed by atoms with van der Waals surface area (Å²) in [6.07, 6.45) is 70.1. The van der Waals surface area contributed by atoms with E-state index >= 15 is 0 Å². The predicted molar refractivity (Wildman–Crippen MR) is 269 cm³/mol. The van der Waals surface area contributed by atoms with Crippen LogP contribution >= 0.6 is 0 Å². The van der Waals surface area contributed by atoms with Gasteiger partial charge in [-0.3, -0.25) is 14.4 Å². The van der Waals surface area contributed by atoms with Gasteiger partial charge in [0.1, 0.15) is 13.2 Å². The lowest BCUT2D eigenvalue weighted by Crippen LogP contribution is -2.30. The Labute approximate surface area is 385 Å². The lowest BCUT2D eigenvalue weighted by atomic mass is 10.1. The van der Waals surface area contributed by atoms with Gasteiger partial charge in [-0.1, -0.05) is 212 Å². The van der Waals surface area contributed by atoms with Crippen LogP contribution in [0.3, 0.4) is 0 Å². The maximum absolute atomic E-state index is 12.8. The van der Waals surface area contributed by atoms with Crippen LogP contribution in [0.2, 0.25) is 0 Å². The number of allylic oxidation sites excluding steroid dienone is 22. The Morgan fingerprint density at radius 1 is 0.349 bits per heavy atom. The van der Waals surface area contributed by atoms with Crippen LogP contribution < -0.4 is 0 Å². The minimum atomic E-state index is -0.838. The number of rotatable bonds is 42. The molecule has 0 radical (unpaired) electrons. The molecule has 0 aromatic rings. The Hall–Kier alpha value is -4.45. The van der Waals surface area contributed by atoms with Crippen molar-refractivity contribution in [3.8, 4) is 0 Å². The molecule has 0 N–H and O–H groups in total. The summed E-state index contributed by atoms with van der Waals surface area (Å²) >= 11 is 0. The summed E-state index contributed by atoms with van der Waals surface area (Å²) in [6, 6.07) is 0. The molecule has 0 rings (SSSR count). The van der Waals surface area contributed by atoms with E-state index in [1.165, 1.54) is 57.8 Å². The normalized spacial score (nSPS) is 13.3. The molecule has 0 amide bonds. The number of unbranched alkanes of at least 4 members (excludes halogenated alkanes) is 15. The lowest BCUT2D eigenvalue weighted by molar-refractivity contribution is -0.167. The molecule has 0 saturated heterocycles. The number of carbonyl (C=O) groups is 3. The maximum atomic E-state index is 12.8. The summed E-state index contributed by atoms with van der Waals surface area (Å²) in [5, 5.41) is 0. The monoisotopic (exact) mass is 869 g/mol. The zero-order chi connectivity index (χ0) is 45.8. The average Bonchev–Trinajstić information content (AvgIpc) is 3.28. The van der Waals surface area contributed by atoms with E-state index in [-0.39, 0.29) is 44.0 Å². The molecule has 6 nitrogen and oxygen atoms in total. The Morgan fingerprint density at radius 2 is 0.714 bits per heavy atom. The van der Waals surface area contributed by atoms with E-state index in [0.717, 1.165) is 77.0 Å². The highest BCUT2D eigenvalue weighted by Gasteiger charge is 2.19. The Morgan fingerprint density at radius 3 is 1.22 bits per heavy atom. The molecule has 0 heterocycles. The molecule has 0 saturated carbocycles. The third kappa shape index (κ3) is 48.4. The number of hydrogen-bond acceptors (Lipinski definition) is 6. The van der Waals surface area contributed by atoms with Gasteiger partial charge in [0.25, 0.3) is 0 Å². The first-order valence-corrected chi connectivity index (χ1v) is 24.8. The van der Waals surface area contributed by atoms with Crippen LogP contribution in [0, 0.1) is 0 Å². The molecule has 0 aliphatic heterocycles. The molecule has 0 fully saturated rings. The molecule has 63 heavy (non-hydrogen) atoms. The van der Waals surface area contributed by atoms with Gasteiger partial charge in [0.05, 0.1) is 0 Å². The van der Waals surface area contributed by atoms with E-state index in [9.17, 15) is 14.4 Å². The van der Waals surface area contributed by atoms with Crippen molar-refractivity contribution in [3.63, 3.8) is 0 Å². The van der Waals surface area contributed by atoms with Gasteiger partial charge in [-0.25, -0.2) is 0 Å². The highest BCUT2D eigenvalue weighted by atomic mass is 16.6. The Balaban J connectivity index is 4.61. The van der Waals surface area contributed by atoms with Crippen molar-refractivity contribution in [2.24, 2.45) is 0 Å². The standard InChI is InChI=1S/C57H88O6/c1-4-7-10-13-16-19-22-24-26-28-30-32-35-38-41-44-47-50-56(59)62-53-54(52-61-55(58)49-46-43-40-37-34-21-18-15-12-9-6-3)63-57(60)51-48-45-42-39-36-33-31-29-27-25-23-20-17-14-11-8-5-2/h7,10,13,15-16,18-19,21-22,24-28,30-35,39,42,54H,4-6,8-9,11-12,14,17,20,23,29,36-38,40-41,43-53H2,1-3H3/b10-7-,16-13-,18-15-,22-19-,26-24-,27-25-,30-28+,33-31-,34-21-,35-32-,42-39-. The minimum absolute atomic E-state index is 0.132. The molecule has 6 heteroatoms. The van der Waals surface area contributed by atoms with Crippen LogP contribution in [0.4, 0.5) is 0 Å². The van der Waals surface area contributed by atoms with Gasteiger partial charge in [0.15, 0.2) is 6.10 Å². The minimum Gasteiger partial charge on any atom is -0.462 e. The van der Waals surface area contributed by atoms with Gasteiger partial charge in [0.2, 0.25) is 0 Å². The lowest BCUT2D eigenvalue weighted by Gasteiger charge is -2.18. The topological polar surface area (TPSA) is 78.9 Å². The molecule has 352 valence electrons. The summed E-state index contributed by atoms with van der Waals surface area (Å²) in [4.78, 5) is 37.9. The second-order valence-electron chi connectivity index (χ2n) is 15.8. The second kappa shape index (κ2) is 50.2. The predicted octanol–water partition coefficient (Wildman–Crippen LogP) is 16.3. The molecule has 1 unspecified atom stereocenters. The fourth-order valence-electron chi connectivity index (χ4n) is 6.05. The van der Waals surface area contributed by atoms with Crippen molar-refractivity contribution in [1.29, 1.82) is 0 Å². The second-order valence-corrected chi connectivity index (χ2v) is 15.8. The number of ether oxygens (including phenoxy) is 3. The third-order valence-corrected chi connectivity index (χ3v) is 9.80. The number of carbonyl (C=O) groups excluding carboxylic acids is 3. The van der Waals surface area contributed by atoms with Crippen molar-refractivity contribution >= 4 is 17.9 Å². The van der Waals surface area contributed by atoms with E-state index in [2.05, 4.69) is 93.7 Å². The van der Waals surface area contributed by atoms with Crippen molar-refractivity contribution < 1.29 is 28.6 Å². The van der Waals surface area contributed by atoms with Crippen LogP contribution in [0.15, 0.2) is 134 Å². The number of esters is 3. The van der Waals surface area contributed by atoms with Crippen molar-refractivity contribution in [1.82, 2.24) is 0 Å². The van der Waals surface area contributed by atoms with Gasteiger partial charge in [-0.2, -0.15) is 0 Å². The fourth-order valence-corrected chi connectivity index (χ4v) is 6.05. The first-order valence-electron chi connectivity index (χ1n) is 24.8. The smallest absolute Gasteiger partial charge is 0.306 e. The zero-order valence-electron chi connectivity index (χ0n) is 40.0. The quantitative estimate of drug-likeness (QED) is 0.0200. The summed E-state index contributed by atoms with van der Waals surface area (Å²) in [5.74, 6) is -1.07. The van der Waals surface area contributed by atoms with Gasteiger partial charge in [-0.15, -0.1) is 0 Å². The fraction of sp³-hybridized carbons (Fsp3) is 0.561. The maximum Gasteiger partial charge on any atom is 0.306 e. The largest absolute Gasteiger partial charge is 0.462 e. The van der Waals surface area contributed by atoms with Crippen LogP contribution in [0.25, 0.3) is 0 Å². The van der Waals surface area contributed by atoms with Gasteiger partial charge >= 0.3 is 17.9 Å². The van der Waals surface area contributed by atoms with Gasteiger partial charge in [0, 0.05) is 19.3 Å². The first-order chi connectivity index (χ1) is 31.0. The molecule has 0 aromatic heterocycles. The SMILES string of the molecule is CC\C=C/C=C\C=C/C=C\C=C\C=C/CCCCCC(=O)OCC(COC(=O)CCCCC/C=C\C=C/CCCC)OC(=O)CCC/C=C\C/C=C\C/C=C\CCCCCCCC. The zero-order valence-corrected chi connectivity index (χ0v) is 40.0. The molecule has 1 atom stereocenters. The van der Waals surface area contributed by atoms with E-state index < -0.39 is 6.10 Å². The molecule has 0 aromatic carbocycles. The Kier molecular flexibility index (Phi) is 46.7. The van der Waals surface area contributed by atoms with Gasteiger partial charge in [-0.05, 0) is 89.9 Å². The molecule has 0 bridgehead atoms. The van der Waals surface area contributed by atoms with Crippen molar-refractivity contribution in [2.75, 3.05) is 13.2 Å². The molecular formula is C57H88O6. The highest BCUT2D eigenvalue weighted by molar-refractivity contribution is 5.71. The molecule has 0 aliphatic carbocycles. The number of hydrogen-bond donors (Lipinski definition) is 0. The first kappa shape index (κ1) is 58.6. The summed E-state index contributed by atoms with van der Waals surface area (Å²) in [6.45, 7) is 6.29. The Bertz CT molecular complexity index is 1420. The third-order valence-electron chi connectivity index (χ3n) is 9.80. The molecular weight excluding hydrogens is 781 g/mol. The summed E-state index contributed by atoms with van der Waals surface area (Å²) in [7, 11) is 0. The van der Waals surface area contributed by atoms with Crippen molar-refractivity contribution in [2.45, 2.75) is 194 Å². The highest BCUT2D eigenvalue weighted by Crippen LogP contribution is 2.11. The van der Waals surface area contributed by atoms with Crippen LogP contribution in [-0.2, 0) is 28.6 Å². The van der Waals surface area contributed by atoms with Gasteiger partial charge < -0.3 is 14.2 Å². The van der Waals surface area contributed by atoms with E-state index in [1.54, 1.807) is 0 Å². The van der Waals surface area contributed by atoms with E-state index in [1.807, 2.05) is 60.8 Å². The van der Waals surface area contributed by atoms with E-state index in [4.69, 9.17) is 14.2 Å². The van der Waals surface area contributed by atoms with Crippen molar-refractivity contribution in [3.05, 3.63) is 134 Å². The molecule has 0 aliphatic rings.